The molecule has 2 aliphatic carbocycles. The van der Waals surface area contributed by atoms with Crippen LogP contribution in [0.2, 0.25) is 0 Å². The molecule has 120 valence electrons. The Labute approximate surface area is 128 Å². The molecule has 2 aliphatic rings. The van der Waals surface area contributed by atoms with Crippen LogP contribution in [0.4, 0.5) is 0 Å². The zero-order valence-corrected chi connectivity index (χ0v) is 13.3. The second kappa shape index (κ2) is 8.90. The van der Waals surface area contributed by atoms with Crippen LogP contribution in [0.25, 0.3) is 0 Å². The Kier molecular flexibility index (Phi) is 6.83. The Morgan fingerprint density at radius 2 is 1.86 bits per heavy atom. The van der Waals surface area contributed by atoms with Gasteiger partial charge in [0, 0.05) is 25.6 Å². The highest BCUT2D eigenvalue weighted by atomic mass is 16.1. The minimum atomic E-state index is 0.192. The lowest BCUT2D eigenvalue weighted by Gasteiger charge is -2.20. The van der Waals surface area contributed by atoms with Crippen molar-refractivity contribution >= 4 is 11.9 Å². The van der Waals surface area contributed by atoms with E-state index in [9.17, 15) is 4.79 Å². The van der Waals surface area contributed by atoms with Crippen molar-refractivity contribution in [1.82, 2.24) is 16.0 Å². The maximum atomic E-state index is 11.9. The summed E-state index contributed by atoms with van der Waals surface area (Å²) >= 11 is 0. The summed E-state index contributed by atoms with van der Waals surface area (Å²) in [5.41, 5.74) is 0. The SMILES string of the molecule is CCNC(=NCCNC(=O)CC1CCCCC1)NC1CC1. The van der Waals surface area contributed by atoms with Crippen LogP contribution < -0.4 is 16.0 Å². The third-order valence-electron chi connectivity index (χ3n) is 4.17. The van der Waals surface area contributed by atoms with Gasteiger partial charge in [-0.15, -0.1) is 0 Å². The van der Waals surface area contributed by atoms with Gasteiger partial charge in [0.15, 0.2) is 5.96 Å². The lowest BCUT2D eigenvalue weighted by Crippen LogP contribution is -2.39. The molecule has 0 atom stereocenters. The van der Waals surface area contributed by atoms with Gasteiger partial charge in [-0.3, -0.25) is 9.79 Å². The number of rotatable bonds is 7. The van der Waals surface area contributed by atoms with Crippen LogP contribution in [0.5, 0.6) is 0 Å². The smallest absolute Gasteiger partial charge is 0.220 e. The van der Waals surface area contributed by atoms with E-state index in [1.54, 1.807) is 0 Å². The molecule has 3 N–H and O–H groups in total. The van der Waals surface area contributed by atoms with Crippen LogP contribution in [0.1, 0.15) is 58.3 Å². The van der Waals surface area contributed by atoms with Gasteiger partial charge in [0.1, 0.15) is 0 Å². The van der Waals surface area contributed by atoms with Gasteiger partial charge in [-0.25, -0.2) is 0 Å². The number of hydrogen-bond acceptors (Lipinski definition) is 2. The Balaban J connectivity index is 1.59. The number of nitrogens with one attached hydrogen (secondary N) is 3. The first-order valence-electron chi connectivity index (χ1n) is 8.59. The van der Waals surface area contributed by atoms with Crippen LogP contribution in [0.15, 0.2) is 4.99 Å². The van der Waals surface area contributed by atoms with Gasteiger partial charge in [0.25, 0.3) is 0 Å². The molecule has 21 heavy (non-hydrogen) atoms. The number of nitrogens with zero attached hydrogens (tertiary/aromatic N) is 1. The standard InChI is InChI=1S/C16H30N4O/c1-2-17-16(20-14-8-9-14)19-11-10-18-15(21)12-13-6-4-3-5-7-13/h13-14H,2-12H2,1H3,(H,18,21)(H2,17,19,20). The summed E-state index contributed by atoms with van der Waals surface area (Å²) in [7, 11) is 0. The Morgan fingerprint density at radius 1 is 1.10 bits per heavy atom. The summed E-state index contributed by atoms with van der Waals surface area (Å²) in [5, 5.41) is 9.60. The normalized spacial score (nSPS) is 20.1. The van der Waals surface area contributed by atoms with E-state index in [0.717, 1.165) is 12.5 Å². The van der Waals surface area contributed by atoms with Gasteiger partial charge < -0.3 is 16.0 Å². The average molecular weight is 294 g/mol. The van der Waals surface area contributed by atoms with Crippen LogP contribution in [0, 0.1) is 5.92 Å². The van der Waals surface area contributed by atoms with Gasteiger partial charge >= 0.3 is 0 Å². The van der Waals surface area contributed by atoms with Crippen molar-refractivity contribution in [3.05, 3.63) is 0 Å². The Morgan fingerprint density at radius 3 is 2.52 bits per heavy atom. The number of carbonyl (C=O) groups is 1. The van der Waals surface area contributed by atoms with E-state index in [1.165, 1.54) is 44.9 Å². The number of guanidine groups is 1. The van der Waals surface area contributed by atoms with Gasteiger partial charge in [-0.1, -0.05) is 19.3 Å². The summed E-state index contributed by atoms with van der Waals surface area (Å²) < 4.78 is 0. The quantitative estimate of drug-likeness (QED) is 0.381. The molecule has 0 radical (unpaired) electrons. The van der Waals surface area contributed by atoms with Crippen LogP contribution in [-0.2, 0) is 4.79 Å². The van der Waals surface area contributed by atoms with Crippen molar-refractivity contribution in [2.75, 3.05) is 19.6 Å². The van der Waals surface area contributed by atoms with E-state index in [1.807, 2.05) is 0 Å². The van der Waals surface area contributed by atoms with Gasteiger partial charge in [-0.2, -0.15) is 0 Å². The topological polar surface area (TPSA) is 65.5 Å². The average Bonchev–Trinajstić information content (AvgIpc) is 3.29. The van der Waals surface area contributed by atoms with Crippen LogP contribution in [0.3, 0.4) is 0 Å². The minimum Gasteiger partial charge on any atom is -0.357 e. The summed E-state index contributed by atoms with van der Waals surface area (Å²) in [5.74, 6) is 1.68. The van der Waals surface area contributed by atoms with Crippen LogP contribution >= 0.6 is 0 Å². The fourth-order valence-electron chi connectivity index (χ4n) is 2.83. The van der Waals surface area contributed by atoms with Gasteiger partial charge in [0.2, 0.25) is 5.91 Å². The molecule has 0 saturated heterocycles. The maximum absolute atomic E-state index is 11.9. The second-order valence-corrected chi connectivity index (χ2v) is 6.24. The van der Waals surface area contributed by atoms with Crippen molar-refractivity contribution in [1.29, 1.82) is 0 Å². The molecule has 0 spiro atoms. The highest BCUT2D eigenvalue weighted by Gasteiger charge is 2.22. The molecule has 0 aromatic carbocycles. The Bertz CT molecular complexity index is 346. The fourth-order valence-corrected chi connectivity index (χ4v) is 2.83. The van der Waals surface area contributed by atoms with Crippen molar-refractivity contribution in [2.45, 2.75) is 64.3 Å². The molecule has 0 heterocycles. The monoisotopic (exact) mass is 294 g/mol. The van der Waals surface area contributed by atoms with E-state index in [-0.39, 0.29) is 5.91 Å². The van der Waals surface area contributed by atoms with Gasteiger partial charge in [0.05, 0.1) is 6.54 Å². The van der Waals surface area contributed by atoms with Crippen LogP contribution in [-0.4, -0.2) is 37.5 Å². The number of amides is 1. The third kappa shape index (κ3) is 6.82. The summed E-state index contributed by atoms with van der Waals surface area (Å²) in [4.78, 5) is 16.4. The first-order chi connectivity index (χ1) is 10.3. The molecule has 2 rings (SSSR count). The van der Waals surface area contributed by atoms with E-state index < -0.39 is 0 Å². The molecular weight excluding hydrogens is 264 g/mol. The molecular formula is C16H30N4O. The summed E-state index contributed by atoms with van der Waals surface area (Å²) in [6, 6.07) is 0.601. The minimum absolute atomic E-state index is 0.192. The second-order valence-electron chi connectivity index (χ2n) is 6.24. The van der Waals surface area contributed by atoms with Crippen molar-refractivity contribution in [3.8, 4) is 0 Å². The van der Waals surface area contributed by atoms with E-state index in [4.69, 9.17) is 0 Å². The van der Waals surface area contributed by atoms with Gasteiger partial charge in [-0.05, 0) is 38.5 Å². The summed E-state index contributed by atoms with van der Waals surface area (Å²) in [6.45, 7) is 4.20. The molecule has 0 unspecified atom stereocenters. The highest BCUT2D eigenvalue weighted by molar-refractivity contribution is 5.80. The fraction of sp³-hybridized carbons (Fsp3) is 0.875. The molecule has 2 fully saturated rings. The first-order valence-corrected chi connectivity index (χ1v) is 8.59. The third-order valence-corrected chi connectivity index (χ3v) is 4.17. The number of aliphatic imine (C=N–C) groups is 1. The predicted octanol–water partition coefficient (Wildman–Crippen LogP) is 1.79. The van der Waals surface area contributed by atoms with Crippen molar-refractivity contribution < 1.29 is 4.79 Å². The highest BCUT2D eigenvalue weighted by Crippen LogP contribution is 2.25. The van der Waals surface area contributed by atoms with Crippen molar-refractivity contribution in [2.24, 2.45) is 10.9 Å². The molecule has 0 aromatic heterocycles. The molecule has 0 bridgehead atoms. The van der Waals surface area contributed by atoms with E-state index in [2.05, 4.69) is 27.9 Å². The molecule has 5 heteroatoms. The van der Waals surface area contributed by atoms with E-state index >= 15 is 0 Å². The Hall–Kier alpha value is -1.26. The zero-order chi connectivity index (χ0) is 14.9. The summed E-state index contributed by atoms with van der Waals surface area (Å²) in [6.07, 6.45) is 9.55. The molecule has 2 saturated carbocycles. The predicted molar refractivity (Wildman–Crippen MR) is 86.3 cm³/mol. The number of hydrogen-bond donors (Lipinski definition) is 3. The lowest BCUT2D eigenvalue weighted by atomic mass is 9.87. The maximum Gasteiger partial charge on any atom is 0.220 e. The van der Waals surface area contributed by atoms with Crippen molar-refractivity contribution in [3.63, 3.8) is 0 Å². The largest absolute Gasteiger partial charge is 0.357 e. The molecule has 1 amide bonds. The number of carbonyl (C=O) groups excluding carboxylic acids is 1. The van der Waals surface area contributed by atoms with E-state index in [0.29, 0.717) is 31.5 Å². The molecule has 0 aromatic rings. The zero-order valence-electron chi connectivity index (χ0n) is 13.3. The molecule has 5 nitrogen and oxygen atoms in total. The first kappa shape index (κ1) is 16.1. The lowest BCUT2D eigenvalue weighted by molar-refractivity contribution is -0.122. The molecule has 0 aliphatic heterocycles.